The molecule has 0 saturated carbocycles. The summed E-state index contributed by atoms with van der Waals surface area (Å²) in [6.45, 7) is 1.08. The van der Waals surface area contributed by atoms with Crippen LogP contribution in [0.15, 0.2) is 46.9 Å². The van der Waals surface area contributed by atoms with Crippen molar-refractivity contribution in [2.75, 3.05) is 26.1 Å². The Kier molecular flexibility index (Phi) is 5.75. The number of para-hydroxylation sites is 3. The molecule has 0 bridgehead atoms. The number of nitrogen functional groups attached to an aromatic ring is 1. The first kappa shape index (κ1) is 15.5. The summed E-state index contributed by atoms with van der Waals surface area (Å²) in [6.07, 6.45) is 0.749. The maximum Gasteiger partial charge on any atom is 0.175 e. The molecule has 2 aromatic rings. The Bertz CT molecular complexity index is 589. The van der Waals surface area contributed by atoms with Crippen LogP contribution in [0.3, 0.4) is 0 Å². The first-order valence-corrected chi connectivity index (χ1v) is 7.44. The number of hydrogen-bond donors (Lipinski definition) is 1. The molecule has 2 aromatic carbocycles. The number of hydrogen-bond acceptors (Lipinski definition) is 4. The minimum Gasteiger partial charge on any atom is -0.493 e. The van der Waals surface area contributed by atoms with Crippen LogP contribution in [-0.4, -0.2) is 20.3 Å². The molecule has 2 N–H and O–H groups in total. The van der Waals surface area contributed by atoms with Crippen molar-refractivity contribution in [3.05, 3.63) is 46.9 Å². The number of anilines is 1. The number of ether oxygens (including phenoxy) is 3. The second-order valence-electron chi connectivity index (χ2n) is 4.36. The van der Waals surface area contributed by atoms with Crippen molar-refractivity contribution in [3.8, 4) is 17.2 Å². The summed E-state index contributed by atoms with van der Waals surface area (Å²) in [5, 5.41) is 0. The first-order chi connectivity index (χ1) is 10.2. The molecule has 0 spiro atoms. The highest BCUT2D eigenvalue weighted by Crippen LogP contribution is 2.34. The number of halogens is 1. The van der Waals surface area contributed by atoms with Crippen LogP contribution in [0.25, 0.3) is 0 Å². The maximum absolute atomic E-state index is 5.81. The van der Waals surface area contributed by atoms with Crippen molar-refractivity contribution in [2.45, 2.75) is 6.42 Å². The zero-order chi connectivity index (χ0) is 15.1. The van der Waals surface area contributed by atoms with E-state index in [0.29, 0.717) is 36.1 Å². The van der Waals surface area contributed by atoms with Gasteiger partial charge >= 0.3 is 0 Å². The summed E-state index contributed by atoms with van der Waals surface area (Å²) < 4.78 is 17.5. The van der Waals surface area contributed by atoms with Crippen molar-refractivity contribution in [1.82, 2.24) is 0 Å². The van der Waals surface area contributed by atoms with Gasteiger partial charge in [-0.1, -0.05) is 18.2 Å². The second kappa shape index (κ2) is 7.78. The number of benzene rings is 2. The summed E-state index contributed by atoms with van der Waals surface area (Å²) in [5.41, 5.74) is 6.45. The van der Waals surface area contributed by atoms with E-state index < -0.39 is 0 Å². The smallest absolute Gasteiger partial charge is 0.175 e. The molecule has 21 heavy (non-hydrogen) atoms. The van der Waals surface area contributed by atoms with E-state index >= 15 is 0 Å². The average Bonchev–Trinajstić information content (AvgIpc) is 2.50. The predicted octanol–water partition coefficient (Wildman–Crippen LogP) is 3.89. The van der Waals surface area contributed by atoms with Gasteiger partial charge in [0.15, 0.2) is 11.5 Å². The minimum absolute atomic E-state index is 0.533. The fourth-order valence-corrected chi connectivity index (χ4v) is 2.28. The SMILES string of the molecule is COc1cccc(Br)c1OCCCOc1ccccc1N. The van der Waals surface area contributed by atoms with Gasteiger partial charge in [-0.15, -0.1) is 0 Å². The molecule has 0 unspecified atom stereocenters. The fraction of sp³-hybridized carbons (Fsp3) is 0.250. The van der Waals surface area contributed by atoms with Gasteiger partial charge in [0.25, 0.3) is 0 Å². The van der Waals surface area contributed by atoms with E-state index in [-0.39, 0.29) is 0 Å². The third-order valence-electron chi connectivity index (χ3n) is 2.86. The topological polar surface area (TPSA) is 53.7 Å². The van der Waals surface area contributed by atoms with Crippen LogP contribution < -0.4 is 19.9 Å². The second-order valence-corrected chi connectivity index (χ2v) is 5.21. The molecule has 0 saturated heterocycles. The lowest BCUT2D eigenvalue weighted by Crippen LogP contribution is -2.06. The lowest BCUT2D eigenvalue weighted by molar-refractivity contribution is 0.240. The van der Waals surface area contributed by atoms with Crippen molar-refractivity contribution >= 4 is 21.6 Å². The van der Waals surface area contributed by atoms with Gasteiger partial charge < -0.3 is 19.9 Å². The molecule has 112 valence electrons. The Morgan fingerprint density at radius 3 is 2.43 bits per heavy atom. The molecule has 0 radical (unpaired) electrons. The van der Waals surface area contributed by atoms with Gasteiger partial charge in [-0.3, -0.25) is 0 Å². The van der Waals surface area contributed by atoms with E-state index in [1.165, 1.54) is 0 Å². The summed E-state index contributed by atoms with van der Waals surface area (Å²) in [6, 6.07) is 13.1. The molecule has 2 rings (SSSR count). The van der Waals surface area contributed by atoms with Gasteiger partial charge in [-0.05, 0) is 40.2 Å². The summed E-state index contributed by atoms with van der Waals surface area (Å²) >= 11 is 3.45. The van der Waals surface area contributed by atoms with Crippen LogP contribution in [0.2, 0.25) is 0 Å². The Hall–Kier alpha value is -1.88. The average molecular weight is 352 g/mol. The van der Waals surface area contributed by atoms with Crippen LogP contribution in [0.5, 0.6) is 17.2 Å². The van der Waals surface area contributed by atoms with Crippen molar-refractivity contribution in [2.24, 2.45) is 0 Å². The quantitative estimate of drug-likeness (QED) is 0.607. The van der Waals surface area contributed by atoms with Gasteiger partial charge in [0.05, 0.1) is 30.5 Å². The van der Waals surface area contributed by atoms with Crippen LogP contribution in [0.1, 0.15) is 6.42 Å². The van der Waals surface area contributed by atoms with Crippen LogP contribution in [0.4, 0.5) is 5.69 Å². The molecule has 0 atom stereocenters. The van der Waals surface area contributed by atoms with Gasteiger partial charge in [0.1, 0.15) is 5.75 Å². The number of methoxy groups -OCH3 is 1. The molecule has 0 aliphatic heterocycles. The van der Waals surface area contributed by atoms with Gasteiger partial charge in [0, 0.05) is 6.42 Å². The highest BCUT2D eigenvalue weighted by Gasteiger charge is 2.08. The number of rotatable bonds is 7. The lowest BCUT2D eigenvalue weighted by atomic mass is 10.3. The molecule has 0 aromatic heterocycles. The zero-order valence-electron chi connectivity index (χ0n) is 11.8. The third kappa shape index (κ3) is 4.29. The van der Waals surface area contributed by atoms with E-state index in [4.69, 9.17) is 19.9 Å². The molecule has 0 heterocycles. The Labute approximate surface area is 132 Å². The monoisotopic (exact) mass is 351 g/mol. The van der Waals surface area contributed by atoms with Gasteiger partial charge in [-0.2, -0.15) is 0 Å². The van der Waals surface area contributed by atoms with Crippen LogP contribution in [-0.2, 0) is 0 Å². The Morgan fingerprint density at radius 2 is 1.67 bits per heavy atom. The van der Waals surface area contributed by atoms with Crippen molar-refractivity contribution in [3.63, 3.8) is 0 Å². The zero-order valence-corrected chi connectivity index (χ0v) is 13.4. The summed E-state index contributed by atoms with van der Waals surface area (Å²) in [7, 11) is 1.62. The van der Waals surface area contributed by atoms with E-state index in [9.17, 15) is 0 Å². The van der Waals surface area contributed by atoms with E-state index in [2.05, 4.69) is 15.9 Å². The Balaban J connectivity index is 1.79. The van der Waals surface area contributed by atoms with E-state index in [1.54, 1.807) is 7.11 Å². The number of nitrogens with two attached hydrogens (primary N) is 1. The summed E-state index contributed by atoms with van der Waals surface area (Å²) in [4.78, 5) is 0. The summed E-state index contributed by atoms with van der Waals surface area (Å²) in [5.74, 6) is 2.12. The minimum atomic E-state index is 0.533. The van der Waals surface area contributed by atoms with Gasteiger partial charge in [0.2, 0.25) is 0 Å². The Morgan fingerprint density at radius 1 is 0.952 bits per heavy atom. The molecule has 0 amide bonds. The third-order valence-corrected chi connectivity index (χ3v) is 3.49. The van der Waals surface area contributed by atoms with Crippen LogP contribution >= 0.6 is 15.9 Å². The maximum atomic E-state index is 5.81. The molecular weight excluding hydrogens is 334 g/mol. The molecule has 4 nitrogen and oxygen atoms in total. The molecular formula is C16H18BrNO3. The van der Waals surface area contributed by atoms with Crippen molar-refractivity contribution in [1.29, 1.82) is 0 Å². The fourth-order valence-electron chi connectivity index (χ4n) is 1.82. The van der Waals surface area contributed by atoms with Crippen molar-refractivity contribution < 1.29 is 14.2 Å². The highest BCUT2D eigenvalue weighted by molar-refractivity contribution is 9.10. The molecule has 0 aliphatic carbocycles. The molecule has 0 aliphatic rings. The lowest BCUT2D eigenvalue weighted by Gasteiger charge is -2.13. The normalized spacial score (nSPS) is 10.2. The van der Waals surface area contributed by atoms with Crippen LogP contribution in [0, 0.1) is 0 Å². The predicted molar refractivity (Wildman–Crippen MR) is 87.2 cm³/mol. The highest BCUT2D eigenvalue weighted by atomic mass is 79.9. The molecule has 5 heteroatoms. The van der Waals surface area contributed by atoms with Gasteiger partial charge in [-0.25, -0.2) is 0 Å². The first-order valence-electron chi connectivity index (χ1n) is 6.65. The molecule has 0 fully saturated rings. The van der Waals surface area contributed by atoms with E-state index in [0.717, 1.165) is 10.9 Å². The largest absolute Gasteiger partial charge is 0.493 e. The standard InChI is InChI=1S/C16H18BrNO3/c1-19-15-9-4-6-12(17)16(15)21-11-5-10-20-14-8-3-2-7-13(14)18/h2-4,6-9H,5,10-11,18H2,1H3. The van der Waals surface area contributed by atoms with E-state index in [1.807, 2.05) is 42.5 Å².